The van der Waals surface area contributed by atoms with Gasteiger partial charge in [0.2, 0.25) is 0 Å². The maximum Gasteiger partial charge on any atom is 0.140 e. The van der Waals surface area contributed by atoms with E-state index in [0.29, 0.717) is 13.0 Å². The van der Waals surface area contributed by atoms with Crippen LogP contribution in [0.4, 0.5) is 0 Å². The monoisotopic (exact) mass is 169 g/mol. The number of hydrogen-bond acceptors (Lipinski definition) is 2. The summed E-state index contributed by atoms with van der Waals surface area (Å²) in [5, 5.41) is 0. The molecule has 0 aromatic heterocycles. The van der Waals surface area contributed by atoms with E-state index in [1.54, 1.807) is 6.08 Å². The van der Waals surface area contributed by atoms with Crippen LogP contribution in [0, 0.1) is 5.41 Å². The van der Waals surface area contributed by atoms with Gasteiger partial charge >= 0.3 is 0 Å². The van der Waals surface area contributed by atoms with Gasteiger partial charge in [0.1, 0.15) is 5.78 Å². The molecule has 0 spiro atoms. The first-order valence-corrected chi connectivity index (χ1v) is 4.45. The van der Waals surface area contributed by atoms with Gasteiger partial charge in [0.25, 0.3) is 0 Å². The third-order valence-corrected chi connectivity index (χ3v) is 2.48. The van der Waals surface area contributed by atoms with E-state index in [0.717, 1.165) is 12.8 Å². The van der Waals surface area contributed by atoms with E-state index in [1.165, 1.54) is 0 Å². The van der Waals surface area contributed by atoms with Crippen LogP contribution in [0.3, 0.4) is 0 Å². The van der Waals surface area contributed by atoms with Crippen molar-refractivity contribution >= 4 is 5.78 Å². The second-order valence-electron chi connectivity index (χ2n) is 3.37. The average molecular weight is 169 g/mol. The number of nitrogens with two attached hydrogens (primary N) is 1. The summed E-state index contributed by atoms with van der Waals surface area (Å²) >= 11 is 0. The highest BCUT2D eigenvalue weighted by Gasteiger charge is 2.28. The summed E-state index contributed by atoms with van der Waals surface area (Å²) in [6, 6.07) is 0. The first-order chi connectivity index (χ1) is 5.60. The second kappa shape index (κ2) is 5.09. The molecule has 0 radical (unpaired) electrons. The Hall–Kier alpha value is -0.630. The van der Waals surface area contributed by atoms with Crippen LogP contribution in [0.5, 0.6) is 0 Å². The van der Waals surface area contributed by atoms with Gasteiger partial charge in [-0.25, -0.2) is 0 Å². The van der Waals surface area contributed by atoms with Crippen molar-refractivity contribution < 1.29 is 4.79 Å². The van der Waals surface area contributed by atoms with Crippen molar-refractivity contribution in [2.45, 2.75) is 33.1 Å². The minimum atomic E-state index is -0.316. The Morgan fingerprint density at radius 2 is 2.25 bits per heavy atom. The highest BCUT2D eigenvalue weighted by atomic mass is 16.1. The van der Waals surface area contributed by atoms with Crippen molar-refractivity contribution in [2.75, 3.05) is 6.54 Å². The van der Waals surface area contributed by atoms with Gasteiger partial charge in [-0.15, -0.1) is 6.58 Å². The standard InChI is InChI=1S/C10H19NO/c1-4-6-7-9(12)10(3,5-2)8-11/h4H,1,5-8,11H2,2-3H3. The lowest BCUT2D eigenvalue weighted by Crippen LogP contribution is -2.34. The summed E-state index contributed by atoms with van der Waals surface area (Å²) in [6.45, 7) is 7.95. The van der Waals surface area contributed by atoms with Gasteiger partial charge < -0.3 is 5.73 Å². The molecule has 0 bridgehead atoms. The molecule has 12 heavy (non-hydrogen) atoms. The predicted octanol–water partition coefficient (Wildman–Crippen LogP) is 1.90. The van der Waals surface area contributed by atoms with E-state index in [4.69, 9.17) is 5.73 Å². The Morgan fingerprint density at radius 3 is 2.58 bits per heavy atom. The van der Waals surface area contributed by atoms with Crippen molar-refractivity contribution in [3.05, 3.63) is 12.7 Å². The fraction of sp³-hybridized carbons (Fsp3) is 0.700. The largest absolute Gasteiger partial charge is 0.329 e. The van der Waals surface area contributed by atoms with Crippen LogP contribution in [-0.4, -0.2) is 12.3 Å². The van der Waals surface area contributed by atoms with E-state index in [1.807, 2.05) is 13.8 Å². The molecule has 0 amide bonds. The molecule has 1 atom stereocenters. The molecule has 0 fully saturated rings. The van der Waals surface area contributed by atoms with Crippen LogP contribution in [0.25, 0.3) is 0 Å². The van der Waals surface area contributed by atoms with Crippen LogP contribution in [0.2, 0.25) is 0 Å². The zero-order valence-electron chi connectivity index (χ0n) is 8.10. The molecule has 2 nitrogen and oxygen atoms in total. The Morgan fingerprint density at radius 1 is 1.67 bits per heavy atom. The topological polar surface area (TPSA) is 43.1 Å². The summed E-state index contributed by atoms with van der Waals surface area (Å²) < 4.78 is 0. The van der Waals surface area contributed by atoms with Crippen molar-refractivity contribution in [1.29, 1.82) is 0 Å². The second-order valence-corrected chi connectivity index (χ2v) is 3.37. The van der Waals surface area contributed by atoms with Crippen molar-refractivity contribution in [3.63, 3.8) is 0 Å². The molecular weight excluding hydrogens is 150 g/mol. The first-order valence-electron chi connectivity index (χ1n) is 4.45. The highest BCUT2D eigenvalue weighted by molar-refractivity contribution is 5.84. The summed E-state index contributed by atoms with van der Waals surface area (Å²) in [5.41, 5.74) is 5.23. The summed E-state index contributed by atoms with van der Waals surface area (Å²) in [4.78, 5) is 11.6. The smallest absolute Gasteiger partial charge is 0.140 e. The number of allylic oxidation sites excluding steroid dienone is 1. The van der Waals surface area contributed by atoms with E-state index < -0.39 is 0 Å². The van der Waals surface area contributed by atoms with Gasteiger partial charge in [-0.05, 0) is 12.8 Å². The molecule has 1 unspecified atom stereocenters. The van der Waals surface area contributed by atoms with Gasteiger partial charge in [0.05, 0.1) is 0 Å². The van der Waals surface area contributed by atoms with Crippen LogP contribution in [0.15, 0.2) is 12.7 Å². The SMILES string of the molecule is C=CCCC(=O)C(C)(CC)CN. The number of Topliss-reactive ketones (excluding diaryl/α,β-unsaturated/α-hetero) is 1. The summed E-state index contributed by atoms with van der Waals surface area (Å²) in [6.07, 6.45) is 3.92. The van der Waals surface area contributed by atoms with Crippen LogP contribution >= 0.6 is 0 Å². The van der Waals surface area contributed by atoms with Gasteiger partial charge in [-0.2, -0.15) is 0 Å². The quantitative estimate of drug-likeness (QED) is 0.617. The zero-order valence-corrected chi connectivity index (χ0v) is 8.10. The maximum atomic E-state index is 11.6. The predicted molar refractivity (Wildman–Crippen MR) is 51.9 cm³/mol. The number of carbonyl (C=O) groups is 1. The number of rotatable bonds is 6. The molecular formula is C10H19NO. The summed E-state index contributed by atoms with van der Waals surface area (Å²) in [5.74, 6) is 0.257. The number of ketones is 1. The van der Waals surface area contributed by atoms with Gasteiger partial charge in [-0.1, -0.05) is 19.9 Å². The number of hydrogen-bond donors (Lipinski definition) is 1. The Kier molecular flexibility index (Phi) is 4.83. The molecule has 0 aromatic rings. The van der Waals surface area contributed by atoms with E-state index in [9.17, 15) is 4.79 Å². The van der Waals surface area contributed by atoms with Gasteiger partial charge in [0, 0.05) is 18.4 Å². The molecule has 2 N–H and O–H groups in total. The minimum absolute atomic E-state index is 0.257. The van der Waals surface area contributed by atoms with E-state index in [-0.39, 0.29) is 11.2 Å². The fourth-order valence-electron chi connectivity index (χ4n) is 0.990. The van der Waals surface area contributed by atoms with Gasteiger partial charge in [-0.3, -0.25) is 4.79 Å². The Labute approximate surface area is 74.8 Å². The molecule has 70 valence electrons. The molecule has 0 aliphatic rings. The normalized spacial score (nSPS) is 15.2. The maximum absolute atomic E-state index is 11.6. The Bertz CT molecular complexity index is 159. The van der Waals surface area contributed by atoms with Gasteiger partial charge in [0.15, 0.2) is 0 Å². The third kappa shape index (κ3) is 2.78. The average Bonchev–Trinajstić information content (AvgIpc) is 2.12. The molecule has 0 saturated heterocycles. The minimum Gasteiger partial charge on any atom is -0.329 e. The van der Waals surface area contributed by atoms with Crippen LogP contribution in [-0.2, 0) is 4.79 Å². The molecule has 0 aliphatic heterocycles. The van der Waals surface area contributed by atoms with Crippen molar-refractivity contribution in [1.82, 2.24) is 0 Å². The molecule has 0 heterocycles. The Balaban J connectivity index is 4.11. The number of carbonyl (C=O) groups excluding carboxylic acids is 1. The molecule has 0 aliphatic carbocycles. The fourth-order valence-corrected chi connectivity index (χ4v) is 0.990. The molecule has 2 heteroatoms. The van der Waals surface area contributed by atoms with Crippen LogP contribution in [0.1, 0.15) is 33.1 Å². The lowest BCUT2D eigenvalue weighted by Gasteiger charge is -2.24. The molecule has 0 rings (SSSR count). The lowest BCUT2D eigenvalue weighted by atomic mass is 9.81. The molecule has 0 aromatic carbocycles. The third-order valence-electron chi connectivity index (χ3n) is 2.48. The lowest BCUT2D eigenvalue weighted by molar-refractivity contribution is -0.127. The zero-order chi connectivity index (χ0) is 9.61. The molecule has 0 saturated carbocycles. The van der Waals surface area contributed by atoms with Crippen molar-refractivity contribution in [2.24, 2.45) is 11.1 Å². The highest BCUT2D eigenvalue weighted by Crippen LogP contribution is 2.22. The van der Waals surface area contributed by atoms with Crippen molar-refractivity contribution in [3.8, 4) is 0 Å². The van der Waals surface area contributed by atoms with Crippen LogP contribution < -0.4 is 5.73 Å². The summed E-state index contributed by atoms with van der Waals surface area (Å²) in [7, 11) is 0. The van der Waals surface area contributed by atoms with E-state index >= 15 is 0 Å². The first kappa shape index (κ1) is 11.4. The van der Waals surface area contributed by atoms with E-state index in [2.05, 4.69) is 6.58 Å².